The molecular formula is C15H21NO. The summed E-state index contributed by atoms with van der Waals surface area (Å²) in [6.45, 7) is 3.03. The highest BCUT2D eigenvalue weighted by atomic mass is 16.5. The molecule has 2 saturated heterocycles. The molecule has 0 saturated carbocycles. The summed E-state index contributed by atoms with van der Waals surface area (Å²) in [5.41, 5.74) is 3.10. The van der Waals surface area contributed by atoms with Crippen molar-refractivity contribution in [1.29, 1.82) is 0 Å². The fourth-order valence-corrected chi connectivity index (χ4v) is 3.16. The van der Waals surface area contributed by atoms with Gasteiger partial charge in [-0.05, 0) is 49.3 Å². The van der Waals surface area contributed by atoms with Crippen LogP contribution in [0.5, 0.6) is 0 Å². The fourth-order valence-electron chi connectivity index (χ4n) is 3.16. The standard InChI is InChI=1S/C15H21NO/c1-2-5-14(15-6-3-9-16-15)13(4-1)12-7-10-17-11-8-12/h1-2,4-5,12,15-16H,3,6-11H2/t15-/m0/s1. The van der Waals surface area contributed by atoms with Gasteiger partial charge >= 0.3 is 0 Å². The smallest absolute Gasteiger partial charge is 0.0471 e. The molecule has 2 fully saturated rings. The van der Waals surface area contributed by atoms with Crippen molar-refractivity contribution in [1.82, 2.24) is 5.32 Å². The molecule has 2 aliphatic heterocycles. The maximum Gasteiger partial charge on any atom is 0.0471 e. The van der Waals surface area contributed by atoms with Gasteiger partial charge in [0, 0.05) is 19.3 Å². The van der Waals surface area contributed by atoms with Gasteiger partial charge in [-0.3, -0.25) is 0 Å². The van der Waals surface area contributed by atoms with Gasteiger partial charge in [-0.1, -0.05) is 24.3 Å². The minimum absolute atomic E-state index is 0.592. The van der Waals surface area contributed by atoms with Crippen molar-refractivity contribution in [2.45, 2.75) is 37.6 Å². The summed E-state index contributed by atoms with van der Waals surface area (Å²) < 4.78 is 5.47. The zero-order valence-corrected chi connectivity index (χ0v) is 10.3. The minimum atomic E-state index is 0.592. The van der Waals surface area contributed by atoms with Crippen molar-refractivity contribution in [3.63, 3.8) is 0 Å². The lowest BCUT2D eigenvalue weighted by Crippen LogP contribution is -2.19. The highest BCUT2D eigenvalue weighted by Crippen LogP contribution is 2.34. The molecule has 0 aromatic heterocycles. The van der Waals surface area contributed by atoms with E-state index >= 15 is 0 Å². The third kappa shape index (κ3) is 2.38. The zero-order chi connectivity index (χ0) is 11.5. The molecule has 0 radical (unpaired) electrons. The summed E-state index contributed by atoms with van der Waals surface area (Å²) in [5.74, 6) is 0.711. The molecule has 0 amide bonds. The van der Waals surface area contributed by atoms with Crippen molar-refractivity contribution in [2.24, 2.45) is 0 Å². The van der Waals surface area contributed by atoms with Gasteiger partial charge in [0.15, 0.2) is 0 Å². The number of ether oxygens (including phenoxy) is 1. The van der Waals surface area contributed by atoms with E-state index in [0.717, 1.165) is 13.2 Å². The van der Waals surface area contributed by atoms with E-state index in [1.807, 2.05) is 0 Å². The summed E-state index contributed by atoms with van der Waals surface area (Å²) in [6, 6.07) is 9.59. The SMILES string of the molecule is c1ccc([C@@H]2CCCN2)c(C2CCOCC2)c1. The number of hydrogen-bond donors (Lipinski definition) is 1. The first kappa shape index (κ1) is 11.2. The first-order valence-electron chi connectivity index (χ1n) is 6.85. The summed E-state index contributed by atoms with van der Waals surface area (Å²) in [6.07, 6.45) is 4.97. The molecule has 2 heterocycles. The van der Waals surface area contributed by atoms with Crippen LogP contribution in [-0.4, -0.2) is 19.8 Å². The third-order valence-electron chi connectivity index (χ3n) is 4.09. The van der Waals surface area contributed by atoms with Crippen LogP contribution in [0.2, 0.25) is 0 Å². The van der Waals surface area contributed by atoms with E-state index < -0.39 is 0 Å². The molecule has 0 aliphatic carbocycles. The lowest BCUT2D eigenvalue weighted by atomic mass is 9.85. The number of rotatable bonds is 2. The Morgan fingerprint density at radius 3 is 2.47 bits per heavy atom. The average Bonchev–Trinajstić information content (AvgIpc) is 2.94. The Bertz CT molecular complexity index is 365. The average molecular weight is 231 g/mol. The fraction of sp³-hybridized carbons (Fsp3) is 0.600. The van der Waals surface area contributed by atoms with Crippen molar-refractivity contribution < 1.29 is 4.74 Å². The van der Waals surface area contributed by atoms with Crippen molar-refractivity contribution in [3.05, 3.63) is 35.4 Å². The molecule has 0 bridgehead atoms. The third-order valence-corrected chi connectivity index (χ3v) is 4.09. The molecule has 92 valence electrons. The van der Waals surface area contributed by atoms with Crippen LogP contribution >= 0.6 is 0 Å². The lowest BCUT2D eigenvalue weighted by Gasteiger charge is -2.26. The predicted molar refractivity (Wildman–Crippen MR) is 69.2 cm³/mol. The van der Waals surface area contributed by atoms with Crippen LogP contribution in [-0.2, 0) is 4.74 Å². The Hall–Kier alpha value is -0.860. The van der Waals surface area contributed by atoms with Crippen LogP contribution in [0.25, 0.3) is 0 Å². The second kappa shape index (κ2) is 5.19. The quantitative estimate of drug-likeness (QED) is 0.845. The largest absolute Gasteiger partial charge is 0.381 e. The van der Waals surface area contributed by atoms with E-state index in [1.54, 1.807) is 5.56 Å². The maximum absolute atomic E-state index is 5.47. The van der Waals surface area contributed by atoms with Crippen LogP contribution in [0.1, 0.15) is 48.8 Å². The highest BCUT2D eigenvalue weighted by molar-refractivity contribution is 5.33. The predicted octanol–water partition coefficient (Wildman–Crippen LogP) is 3.01. The van der Waals surface area contributed by atoms with E-state index in [2.05, 4.69) is 29.6 Å². The summed E-state index contributed by atoms with van der Waals surface area (Å²) >= 11 is 0. The summed E-state index contributed by atoms with van der Waals surface area (Å²) in [4.78, 5) is 0. The van der Waals surface area contributed by atoms with Gasteiger partial charge in [-0.15, -0.1) is 0 Å². The number of hydrogen-bond acceptors (Lipinski definition) is 2. The second-order valence-corrected chi connectivity index (χ2v) is 5.16. The highest BCUT2D eigenvalue weighted by Gasteiger charge is 2.23. The van der Waals surface area contributed by atoms with Crippen molar-refractivity contribution in [3.8, 4) is 0 Å². The molecule has 2 nitrogen and oxygen atoms in total. The van der Waals surface area contributed by atoms with Crippen LogP contribution < -0.4 is 5.32 Å². The Kier molecular flexibility index (Phi) is 3.44. The maximum atomic E-state index is 5.47. The van der Waals surface area contributed by atoms with Crippen molar-refractivity contribution in [2.75, 3.05) is 19.8 Å². The van der Waals surface area contributed by atoms with Gasteiger partial charge < -0.3 is 10.1 Å². The van der Waals surface area contributed by atoms with Crippen LogP contribution in [0.15, 0.2) is 24.3 Å². The Labute approximate surface area is 103 Å². The summed E-state index contributed by atoms with van der Waals surface area (Å²) in [5, 5.41) is 3.62. The van der Waals surface area contributed by atoms with Crippen LogP contribution in [0.3, 0.4) is 0 Å². The normalized spacial score (nSPS) is 26.2. The van der Waals surface area contributed by atoms with Crippen molar-refractivity contribution >= 4 is 0 Å². The molecule has 2 heteroatoms. The molecular weight excluding hydrogens is 210 g/mol. The first-order valence-corrected chi connectivity index (χ1v) is 6.85. The molecule has 1 aromatic carbocycles. The molecule has 3 rings (SSSR count). The molecule has 2 aliphatic rings. The molecule has 1 atom stereocenters. The summed E-state index contributed by atoms with van der Waals surface area (Å²) in [7, 11) is 0. The monoisotopic (exact) mass is 231 g/mol. The van der Waals surface area contributed by atoms with Gasteiger partial charge in [-0.2, -0.15) is 0 Å². The Morgan fingerprint density at radius 1 is 1.00 bits per heavy atom. The van der Waals surface area contributed by atoms with Gasteiger partial charge in [0.2, 0.25) is 0 Å². The van der Waals surface area contributed by atoms with E-state index in [1.165, 1.54) is 37.8 Å². The lowest BCUT2D eigenvalue weighted by molar-refractivity contribution is 0.0851. The van der Waals surface area contributed by atoms with Crippen LogP contribution in [0.4, 0.5) is 0 Å². The Balaban J connectivity index is 1.86. The molecule has 17 heavy (non-hydrogen) atoms. The number of nitrogens with one attached hydrogen (secondary N) is 1. The Morgan fingerprint density at radius 2 is 1.76 bits per heavy atom. The second-order valence-electron chi connectivity index (χ2n) is 5.16. The minimum Gasteiger partial charge on any atom is -0.381 e. The van der Waals surface area contributed by atoms with Crippen LogP contribution in [0, 0.1) is 0 Å². The van der Waals surface area contributed by atoms with E-state index in [-0.39, 0.29) is 0 Å². The van der Waals surface area contributed by atoms with Gasteiger partial charge in [-0.25, -0.2) is 0 Å². The van der Waals surface area contributed by atoms with E-state index in [0.29, 0.717) is 12.0 Å². The van der Waals surface area contributed by atoms with E-state index in [4.69, 9.17) is 4.74 Å². The van der Waals surface area contributed by atoms with Gasteiger partial charge in [0.1, 0.15) is 0 Å². The van der Waals surface area contributed by atoms with Gasteiger partial charge in [0.05, 0.1) is 0 Å². The first-order chi connectivity index (χ1) is 8.45. The zero-order valence-electron chi connectivity index (χ0n) is 10.3. The molecule has 1 N–H and O–H groups in total. The van der Waals surface area contributed by atoms with E-state index in [9.17, 15) is 0 Å². The molecule has 1 aromatic rings. The van der Waals surface area contributed by atoms with Gasteiger partial charge in [0.25, 0.3) is 0 Å². The number of benzene rings is 1. The topological polar surface area (TPSA) is 21.3 Å². The molecule has 0 unspecified atom stereocenters. The molecule has 0 spiro atoms.